The lowest BCUT2D eigenvalue weighted by molar-refractivity contribution is -0.117. The Bertz CT molecular complexity index is 620. The molecule has 0 saturated heterocycles. The number of amides is 1. The first-order chi connectivity index (χ1) is 10.1. The number of carbonyl (C=O) groups is 1. The van der Waals surface area contributed by atoms with E-state index >= 15 is 0 Å². The summed E-state index contributed by atoms with van der Waals surface area (Å²) in [6.07, 6.45) is 1.51. The Hall–Kier alpha value is -1.70. The van der Waals surface area contributed by atoms with E-state index in [1.165, 1.54) is 0 Å². The van der Waals surface area contributed by atoms with Gasteiger partial charge in [-0.25, -0.2) is 0 Å². The van der Waals surface area contributed by atoms with Crippen molar-refractivity contribution >= 4 is 35.0 Å². The van der Waals surface area contributed by atoms with Gasteiger partial charge >= 0.3 is 0 Å². The first-order valence-corrected chi connectivity index (χ1v) is 7.46. The molecule has 0 aliphatic heterocycles. The van der Waals surface area contributed by atoms with Crippen LogP contribution in [0.3, 0.4) is 0 Å². The van der Waals surface area contributed by atoms with Crippen molar-refractivity contribution in [1.82, 2.24) is 9.36 Å². The highest BCUT2D eigenvalue weighted by molar-refractivity contribution is 7.10. The molecule has 0 bridgehead atoms. The van der Waals surface area contributed by atoms with Crippen molar-refractivity contribution in [3.05, 3.63) is 24.3 Å². The van der Waals surface area contributed by atoms with Crippen molar-refractivity contribution in [2.45, 2.75) is 25.8 Å². The third kappa shape index (κ3) is 4.66. The van der Waals surface area contributed by atoms with Crippen LogP contribution in [0.15, 0.2) is 24.3 Å². The molecule has 0 radical (unpaired) electrons. The second-order valence-electron chi connectivity index (χ2n) is 4.54. The van der Waals surface area contributed by atoms with Gasteiger partial charge in [0.15, 0.2) is 5.82 Å². The summed E-state index contributed by atoms with van der Waals surface area (Å²) in [5.41, 5.74) is 6.60. The topological polar surface area (TPSA) is 90.1 Å². The fourth-order valence-corrected chi connectivity index (χ4v) is 2.39. The summed E-state index contributed by atoms with van der Waals surface area (Å²) in [5, 5.41) is 3.14. The Morgan fingerprint density at radius 1 is 1.50 bits per heavy atom. The molecule has 2 rings (SSSR count). The zero-order chi connectivity index (χ0) is 15.2. The highest BCUT2D eigenvalue weighted by Gasteiger charge is 2.15. The monoisotopic (exact) mass is 342 g/mol. The van der Waals surface area contributed by atoms with Crippen molar-refractivity contribution in [1.29, 1.82) is 0 Å². The van der Waals surface area contributed by atoms with E-state index in [1.54, 1.807) is 7.11 Å². The van der Waals surface area contributed by atoms with E-state index in [0.29, 0.717) is 17.4 Å². The van der Waals surface area contributed by atoms with Crippen LogP contribution in [0, 0.1) is 0 Å². The number of anilines is 1. The first kappa shape index (κ1) is 18.3. The maximum Gasteiger partial charge on any atom is 0.243 e. The molecule has 3 N–H and O–H groups in total. The highest BCUT2D eigenvalue weighted by atomic mass is 35.5. The molecular weight excluding hydrogens is 324 g/mol. The van der Waals surface area contributed by atoms with Crippen LogP contribution in [-0.2, 0) is 4.79 Å². The van der Waals surface area contributed by atoms with Gasteiger partial charge in [0.25, 0.3) is 0 Å². The number of carbonyl (C=O) groups excluding carboxylic acids is 1. The van der Waals surface area contributed by atoms with E-state index in [0.717, 1.165) is 29.3 Å². The minimum Gasteiger partial charge on any atom is -0.497 e. The second kappa shape index (κ2) is 8.67. The van der Waals surface area contributed by atoms with Gasteiger partial charge < -0.3 is 10.5 Å². The Kier molecular flexibility index (Phi) is 7.23. The number of halogens is 1. The molecule has 120 valence electrons. The maximum atomic E-state index is 11.8. The Morgan fingerprint density at radius 2 is 2.27 bits per heavy atom. The van der Waals surface area contributed by atoms with Crippen molar-refractivity contribution in [2.75, 3.05) is 12.4 Å². The van der Waals surface area contributed by atoms with Crippen LogP contribution >= 0.6 is 23.9 Å². The summed E-state index contributed by atoms with van der Waals surface area (Å²) in [6, 6.07) is 6.93. The average Bonchev–Trinajstić information content (AvgIpc) is 2.96. The lowest BCUT2D eigenvalue weighted by Gasteiger charge is -2.08. The van der Waals surface area contributed by atoms with E-state index < -0.39 is 6.04 Å². The van der Waals surface area contributed by atoms with Gasteiger partial charge in [0, 0.05) is 17.1 Å². The molecule has 0 aliphatic rings. The zero-order valence-electron chi connectivity index (χ0n) is 12.4. The number of methoxy groups -OCH3 is 1. The summed E-state index contributed by atoms with van der Waals surface area (Å²) in [7, 11) is 1.61. The Balaban J connectivity index is 0.00000242. The van der Waals surface area contributed by atoms with Crippen LogP contribution in [0.2, 0.25) is 0 Å². The number of hydrogen-bond acceptors (Lipinski definition) is 6. The molecule has 2 aromatic rings. The third-order valence-corrected chi connectivity index (χ3v) is 3.55. The van der Waals surface area contributed by atoms with Crippen LogP contribution < -0.4 is 15.8 Å². The molecule has 0 fully saturated rings. The maximum absolute atomic E-state index is 11.8. The number of nitrogens with zero attached hydrogens (tertiary/aromatic N) is 2. The molecule has 0 spiro atoms. The number of nitrogens with two attached hydrogens (primary N) is 1. The number of hydrogen-bond donors (Lipinski definition) is 2. The van der Waals surface area contributed by atoms with Gasteiger partial charge in [-0.2, -0.15) is 9.36 Å². The van der Waals surface area contributed by atoms with E-state index in [1.807, 2.05) is 31.2 Å². The third-order valence-electron chi connectivity index (χ3n) is 2.92. The number of nitrogens with one attached hydrogen (secondary N) is 1. The Labute approximate surface area is 139 Å². The lowest BCUT2D eigenvalue weighted by atomic mass is 10.2. The molecule has 1 heterocycles. The molecule has 6 nitrogen and oxygen atoms in total. The molecule has 1 atom stereocenters. The van der Waals surface area contributed by atoms with E-state index in [4.69, 9.17) is 10.5 Å². The number of aromatic nitrogens is 2. The standard InChI is InChI=1S/C14H18N4O2S.ClH/c1-3-5-11(15)13(19)17-14-16-12(18-21-14)9-6-4-7-10(8-9)20-2;/h4,6-8,11H,3,5,15H2,1-2H3,(H,16,17,18,19);1H. The fourth-order valence-electron chi connectivity index (χ4n) is 1.79. The largest absolute Gasteiger partial charge is 0.497 e. The second-order valence-corrected chi connectivity index (χ2v) is 5.29. The van der Waals surface area contributed by atoms with Crippen LogP contribution in [0.1, 0.15) is 19.8 Å². The molecular formula is C14H19ClN4O2S. The molecule has 1 aromatic heterocycles. The zero-order valence-corrected chi connectivity index (χ0v) is 14.0. The molecule has 0 saturated carbocycles. The molecule has 1 amide bonds. The first-order valence-electron chi connectivity index (χ1n) is 6.68. The van der Waals surface area contributed by atoms with Gasteiger partial charge in [-0.3, -0.25) is 10.1 Å². The van der Waals surface area contributed by atoms with E-state index in [-0.39, 0.29) is 18.3 Å². The van der Waals surface area contributed by atoms with Gasteiger partial charge in [0.1, 0.15) is 5.75 Å². The van der Waals surface area contributed by atoms with Crippen LogP contribution in [-0.4, -0.2) is 28.4 Å². The van der Waals surface area contributed by atoms with Crippen molar-refractivity contribution in [3.8, 4) is 17.1 Å². The highest BCUT2D eigenvalue weighted by Crippen LogP contribution is 2.24. The van der Waals surface area contributed by atoms with Gasteiger partial charge in [0.2, 0.25) is 11.0 Å². The molecule has 1 unspecified atom stereocenters. The van der Waals surface area contributed by atoms with Gasteiger partial charge in [-0.1, -0.05) is 25.5 Å². The summed E-state index contributed by atoms with van der Waals surface area (Å²) < 4.78 is 9.41. The number of benzene rings is 1. The smallest absolute Gasteiger partial charge is 0.243 e. The Morgan fingerprint density at radius 3 is 2.95 bits per heavy atom. The van der Waals surface area contributed by atoms with Gasteiger partial charge in [0.05, 0.1) is 13.2 Å². The van der Waals surface area contributed by atoms with Crippen molar-refractivity contribution in [2.24, 2.45) is 5.73 Å². The fraction of sp³-hybridized carbons (Fsp3) is 0.357. The van der Waals surface area contributed by atoms with Crippen molar-refractivity contribution in [3.63, 3.8) is 0 Å². The molecule has 22 heavy (non-hydrogen) atoms. The summed E-state index contributed by atoms with van der Waals surface area (Å²) >= 11 is 1.13. The van der Waals surface area contributed by atoms with Crippen LogP contribution in [0.4, 0.5) is 5.13 Å². The summed E-state index contributed by atoms with van der Waals surface area (Å²) in [4.78, 5) is 16.1. The van der Waals surface area contributed by atoms with Crippen molar-refractivity contribution < 1.29 is 9.53 Å². The summed E-state index contributed by atoms with van der Waals surface area (Å²) in [6.45, 7) is 1.99. The minimum atomic E-state index is -0.515. The average molecular weight is 343 g/mol. The SMILES string of the molecule is CCCC(N)C(=O)Nc1nc(-c2cccc(OC)c2)ns1.Cl. The van der Waals surface area contributed by atoms with E-state index in [9.17, 15) is 4.79 Å². The number of rotatable bonds is 6. The predicted molar refractivity (Wildman–Crippen MR) is 90.7 cm³/mol. The van der Waals surface area contributed by atoms with Gasteiger partial charge in [-0.05, 0) is 18.6 Å². The van der Waals surface area contributed by atoms with Gasteiger partial charge in [-0.15, -0.1) is 12.4 Å². The lowest BCUT2D eigenvalue weighted by Crippen LogP contribution is -2.35. The van der Waals surface area contributed by atoms with Crippen LogP contribution in [0.5, 0.6) is 5.75 Å². The summed E-state index contributed by atoms with van der Waals surface area (Å²) in [5.74, 6) is 1.06. The molecule has 8 heteroatoms. The predicted octanol–water partition coefficient (Wildman–Crippen LogP) is 2.70. The quantitative estimate of drug-likeness (QED) is 0.842. The minimum absolute atomic E-state index is 0. The van der Waals surface area contributed by atoms with Crippen LogP contribution in [0.25, 0.3) is 11.4 Å². The molecule has 0 aliphatic carbocycles. The van der Waals surface area contributed by atoms with E-state index in [2.05, 4.69) is 14.7 Å². The number of ether oxygens (including phenoxy) is 1. The molecule has 1 aromatic carbocycles. The normalized spacial score (nSPS) is 11.4.